The molecule has 0 aliphatic carbocycles. The van der Waals surface area contributed by atoms with E-state index in [2.05, 4.69) is 322 Å². The van der Waals surface area contributed by atoms with Crippen LogP contribution in [-0.2, 0) is 0 Å². The second-order valence-electron chi connectivity index (χ2n) is 24.9. The average molecular weight is 1250 g/mol. The minimum Gasteiger partial charge on any atom is -0.456 e. The Morgan fingerprint density at radius 2 is 0.398 bits per heavy atom. The molecule has 0 saturated carbocycles. The van der Waals surface area contributed by atoms with E-state index in [1.807, 2.05) is 30.3 Å². The van der Waals surface area contributed by atoms with Gasteiger partial charge in [-0.3, -0.25) is 0 Å². The molecule has 0 radical (unpaired) electrons. The van der Waals surface area contributed by atoms with Crippen molar-refractivity contribution in [1.29, 1.82) is 0 Å². The molecule has 18 aromatic rings. The Morgan fingerprint density at radius 3 is 0.878 bits per heavy atom. The lowest BCUT2D eigenvalue weighted by Gasteiger charge is -2.13. The fourth-order valence-corrected chi connectivity index (χ4v) is 13.6. The van der Waals surface area contributed by atoms with E-state index in [1.54, 1.807) is 0 Å². The molecule has 6 nitrogen and oxygen atoms in total. The first-order valence-corrected chi connectivity index (χ1v) is 33.0. The van der Waals surface area contributed by atoms with Gasteiger partial charge >= 0.3 is 0 Å². The fourth-order valence-electron chi connectivity index (χ4n) is 13.6. The third kappa shape index (κ3) is 11.2. The molecule has 0 bridgehead atoms. The SMILES string of the molecule is c1ccc(-c2ccc(-c3cc(-c4ccc5c(c4)oc4cc(-c6ccc(-c7cc(-c8ccccc8)cc(-c8nc(-c9ccc(-c%10ccccc%10)cc9)cc(-c9ccc%10c(c9)oc9ccccc9%10)n8)c7)cc6)ccc45)nc(-c4cccc(-c5cccc(-c6ccccc6)c5)c4)n3)cc2)cc1. The third-order valence-electron chi connectivity index (χ3n) is 18.7. The minimum absolute atomic E-state index is 0.621. The van der Waals surface area contributed by atoms with Crippen molar-refractivity contribution in [2.24, 2.45) is 0 Å². The zero-order chi connectivity index (χ0) is 64.9. The largest absolute Gasteiger partial charge is 0.456 e. The molecule has 0 saturated heterocycles. The van der Waals surface area contributed by atoms with Crippen LogP contribution >= 0.6 is 0 Å². The maximum absolute atomic E-state index is 6.84. The molecule has 4 heterocycles. The van der Waals surface area contributed by atoms with Crippen LogP contribution in [0.15, 0.2) is 361 Å². The minimum atomic E-state index is 0.621. The van der Waals surface area contributed by atoms with Gasteiger partial charge in [-0.15, -0.1) is 0 Å². The number of benzene rings is 14. The van der Waals surface area contributed by atoms with Crippen molar-refractivity contribution in [2.45, 2.75) is 0 Å². The van der Waals surface area contributed by atoms with Crippen LogP contribution in [-0.4, -0.2) is 19.9 Å². The van der Waals surface area contributed by atoms with Gasteiger partial charge in [-0.05, 0) is 163 Å². The molecule has 0 spiro atoms. The number of furan rings is 2. The number of para-hydroxylation sites is 1. The van der Waals surface area contributed by atoms with Gasteiger partial charge in [0.05, 0.1) is 22.8 Å². The molecule has 0 unspecified atom stereocenters. The Morgan fingerprint density at radius 1 is 0.143 bits per heavy atom. The van der Waals surface area contributed by atoms with Crippen LogP contribution in [0.5, 0.6) is 0 Å². The Balaban J connectivity index is 0.684. The van der Waals surface area contributed by atoms with Crippen molar-refractivity contribution in [3.8, 4) is 146 Å². The Bertz CT molecular complexity index is 6010. The molecule has 0 aliphatic heterocycles. The molecule has 6 heteroatoms. The number of rotatable bonds is 13. The van der Waals surface area contributed by atoms with Crippen LogP contribution in [0.4, 0.5) is 0 Å². The summed E-state index contributed by atoms with van der Waals surface area (Å²) >= 11 is 0. The van der Waals surface area contributed by atoms with Gasteiger partial charge in [0.25, 0.3) is 0 Å². The monoisotopic (exact) mass is 1250 g/mol. The fraction of sp³-hybridized carbons (Fsp3) is 0. The molecule has 458 valence electrons. The summed E-state index contributed by atoms with van der Waals surface area (Å²) in [5.74, 6) is 1.26. The Kier molecular flexibility index (Phi) is 14.5. The van der Waals surface area contributed by atoms with E-state index in [4.69, 9.17) is 28.8 Å². The second kappa shape index (κ2) is 24.6. The predicted octanol–water partition coefficient (Wildman–Crippen LogP) is 24.7. The molecule has 0 N–H and O–H groups in total. The third-order valence-corrected chi connectivity index (χ3v) is 18.7. The molecule has 0 atom stereocenters. The van der Waals surface area contributed by atoms with Crippen molar-refractivity contribution in [3.05, 3.63) is 352 Å². The Hall–Kier alpha value is -13.2. The number of fused-ring (bicyclic) bond motifs is 6. The molecule has 4 aromatic heterocycles. The van der Waals surface area contributed by atoms with Gasteiger partial charge in [-0.25, -0.2) is 19.9 Å². The molecule has 0 aliphatic rings. The molecular weight excluding hydrogens is 1190 g/mol. The normalized spacial score (nSPS) is 11.5. The lowest BCUT2D eigenvalue weighted by molar-refractivity contribution is 0.668. The van der Waals surface area contributed by atoms with Crippen molar-refractivity contribution < 1.29 is 8.83 Å². The summed E-state index contributed by atoms with van der Waals surface area (Å²) in [6, 6.07) is 124. The standard InChI is InChI=1S/C92H58N4O2/c1-5-17-59(18-6-1)63-35-39-67(40-36-63)83-57-85(95-91(93-83)75-28-16-27-71(50-75)70-26-15-25-69(49-70)61-21-9-3-10-22-61)74-45-48-82-81-46-43-72(54-88(81)98-90(82)56-74)65-31-33-66(34-32-65)77-51-76(62-23-11-4-12-24-62)52-78(53-77)92-94-84(68-41-37-64(38-42-68)60-19-7-2-8-20-60)58-86(96-92)73-44-47-80-79-29-13-14-30-87(79)97-89(80)55-73/h1-58H. The highest BCUT2D eigenvalue weighted by molar-refractivity contribution is 6.08. The van der Waals surface area contributed by atoms with Gasteiger partial charge in [0.2, 0.25) is 0 Å². The molecule has 0 fully saturated rings. The highest BCUT2D eigenvalue weighted by Crippen LogP contribution is 2.41. The molecular formula is C92H58N4O2. The topological polar surface area (TPSA) is 77.8 Å². The van der Waals surface area contributed by atoms with E-state index in [-0.39, 0.29) is 0 Å². The Labute approximate surface area is 566 Å². The van der Waals surface area contributed by atoms with E-state index in [1.165, 1.54) is 5.56 Å². The van der Waals surface area contributed by atoms with Crippen molar-refractivity contribution >= 4 is 43.9 Å². The summed E-state index contributed by atoms with van der Waals surface area (Å²) in [6.07, 6.45) is 0. The maximum atomic E-state index is 6.84. The van der Waals surface area contributed by atoms with E-state index >= 15 is 0 Å². The quantitative estimate of drug-likeness (QED) is 0.114. The van der Waals surface area contributed by atoms with Crippen molar-refractivity contribution in [3.63, 3.8) is 0 Å². The number of nitrogens with zero attached hydrogens (tertiary/aromatic N) is 4. The summed E-state index contributed by atoms with van der Waals surface area (Å²) in [7, 11) is 0. The molecule has 14 aromatic carbocycles. The average Bonchev–Trinajstić information content (AvgIpc) is 1.38. The number of hydrogen-bond acceptors (Lipinski definition) is 6. The highest BCUT2D eigenvalue weighted by Gasteiger charge is 2.19. The molecule has 18 rings (SSSR count). The summed E-state index contributed by atoms with van der Waals surface area (Å²) in [6.45, 7) is 0. The lowest BCUT2D eigenvalue weighted by Crippen LogP contribution is -1.97. The van der Waals surface area contributed by atoms with Gasteiger partial charge in [0.1, 0.15) is 22.3 Å². The van der Waals surface area contributed by atoms with E-state index in [0.717, 1.165) is 172 Å². The molecule has 98 heavy (non-hydrogen) atoms. The van der Waals surface area contributed by atoms with Gasteiger partial charge in [0.15, 0.2) is 11.6 Å². The number of hydrogen-bond donors (Lipinski definition) is 0. The van der Waals surface area contributed by atoms with Crippen molar-refractivity contribution in [2.75, 3.05) is 0 Å². The zero-order valence-electron chi connectivity index (χ0n) is 53.1. The first-order chi connectivity index (χ1) is 48.5. The van der Waals surface area contributed by atoms with Crippen LogP contribution in [0.3, 0.4) is 0 Å². The predicted molar refractivity (Wildman–Crippen MR) is 403 cm³/mol. The first kappa shape index (κ1) is 57.5. The molecule has 0 amide bonds. The van der Waals surface area contributed by atoms with E-state index in [9.17, 15) is 0 Å². The highest BCUT2D eigenvalue weighted by atomic mass is 16.3. The number of aromatic nitrogens is 4. The van der Waals surface area contributed by atoms with Crippen LogP contribution < -0.4 is 0 Å². The van der Waals surface area contributed by atoms with E-state index < -0.39 is 0 Å². The summed E-state index contributed by atoms with van der Waals surface area (Å²) in [5, 5.41) is 4.23. The van der Waals surface area contributed by atoms with Crippen LogP contribution in [0.25, 0.3) is 190 Å². The first-order valence-electron chi connectivity index (χ1n) is 33.0. The lowest BCUT2D eigenvalue weighted by atomic mass is 9.94. The van der Waals surface area contributed by atoms with Crippen molar-refractivity contribution in [1.82, 2.24) is 19.9 Å². The van der Waals surface area contributed by atoms with Gasteiger partial charge in [0, 0.05) is 54.9 Å². The summed E-state index contributed by atoms with van der Waals surface area (Å²) in [4.78, 5) is 21.4. The van der Waals surface area contributed by atoms with Gasteiger partial charge in [-0.1, -0.05) is 267 Å². The van der Waals surface area contributed by atoms with Crippen LogP contribution in [0.1, 0.15) is 0 Å². The van der Waals surface area contributed by atoms with Gasteiger partial charge in [-0.2, -0.15) is 0 Å². The second-order valence-corrected chi connectivity index (χ2v) is 24.9. The zero-order valence-corrected chi connectivity index (χ0v) is 53.1. The maximum Gasteiger partial charge on any atom is 0.160 e. The smallest absolute Gasteiger partial charge is 0.160 e. The summed E-state index contributed by atoms with van der Waals surface area (Å²) in [5.41, 5.74) is 27.7. The van der Waals surface area contributed by atoms with Crippen LogP contribution in [0.2, 0.25) is 0 Å². The van der Waals surface area contributed by atoms with Gasteiger partial charge < -0.3 is 8.83 Å². The van der Waals surface area contributed by atoms with Crippen LogP contribution in [0, 0.1) is 0 Å². The van der Waals surface area contributed by atoms with E-state index in [0.29, 0.717) is 11.6 Å². The summed E-state index contributed by atoms with van der Waals surface area (Å²) < 4.78 is 13.3.